The maximum atomic E-state index is 12.9. The molecular weight excluding hydrogens is 359 g/mol. The van der Waals surface area contributed by atoms with Crippen molar-refractivity contribution in [3.8, 4) is 0 Å². The summed E-state index contributed by atoms with van der Waals surface area (Å²) in [5.74, 6) is 0.0943. The second-order valence-corrected chi connectivity index (χ2v) is 6.51. The maximum Gasteiger partial charge on any atom is 0.239 e. The van der Waals surface area contributed by atoms with E-state index in [1.165, 1.54) is 17.0 Å². The van der Waals surface area contributed by atoms with Crippen LogP contribution in [0.25, 0.3) is 11.0 Å². The van der Waals surface area contributed by atoms with E-state index in [2.05, 4.69) is 15.3 Å². The van der Waals surface area contributed by atoms with Crippen LogP contribution in [-0.2, 0) is 22.6 Å². The van der Waals surface area contributed by atoms with E-state index in [0.29, 0.717) is 19.5 Å². The fourth-order valence-corrected chi connectivity index (χ4v) is 2.92. The van der Waals surface area contributed by atoms with Crippen LogP contribution in [0.5, 0.6) is 0 Å². The van der Waals surface area contributed by atoms with Crippen LogP contribution < -0.4 is 5.32 Å². The Kier molecular flexibility index (Phi) is 6.37. The van der Waals surface area contributed by atoms with Gasteiger partial charge in [-0.25, -0.2) is 9.37 Å². The van der Waals surface area contributed by atoms with Gasteiger partial charge in [-0.15, -0.1) is 0 Å². The standard InChI is InChI=1S/C21H23FN4O2/c1-2-26(14-20(27)23-13-15-7-9-16(22)10-8-15)21(28)12-11-19-24-17-5-3-4-6-18(17)25-19/h3-10H,2,11-14H2,1H3,(H,23,27)(H,24,25). The first kappa shape index (κ1) is 19.5. The van der Waals surface area contributed by atoms with Crippen molar-refractivity contribution in [2.75, 3.05) is 13.1 Å². The summed E-state index contributed by atoms with van der Waals surface area (Å²) in [5, 5.41) is 2.76. The zero-order chi connectivity index (χ0) is 19.9. The zero-order valence-corrected chi connectivity index (χ0v) is 15.7. The first-order valence-electron chi connectivity index (χ1n) is 9.27. The number of benzene rings is 2. The first-order chi connectivity index (χ1) is 13.5. The molecule has 0 aliphatic rings. The third-order valence-corrected chi connectivity index (χ3v) is 4.49. The normalized spacial score (nSPS) is 10.8. The number of rotatable bonds is 8. The van der Waals surface area contributed by atoms with Crippen molar-refractivity contribution in [3.05, 3.63) is 65.7 Å². The predicted molar refractivity (Wildman–Crippen MR) is 105 cm³/mol. The molecule has 0 saturated carbocycles. The minimum Gasteiger partial charge on any atom is -0.350 e. The van der Waals surface area contributed by atoms with Crippen molar-refractivity contribution in [2.24, 2.45) is 0 Å². The Morgan fingerprint density at radius 2 is 1.89 bits per heavy atom. The molecule has 0 radical (unpaired) electrons. The number of aryl methyl sites for hydroxylation is 1. The number of H-pyrrole nitrogens is 1. The number of amides is 2. The molecule has 2 N–H and O–H groups in total. The van der Waals surface area contributed by atoms with Gasteiger partial charge in [-0.3, -0.25) is 9.59 Å². The summed E-state index contributed by atoms with van der Waals surface area (Å²) in [6.07, 6.45) is 0.764. The molecule has 1 heterocycles. The highest BCUT2D eigenvalue weighted by Gasteiger charge is 2.16. The van der Waals surface area contributed by atoms with Crippen molar-refractivity contribution < 1.29 is 14.0 Å². The summed E-state index contributed by atoms with van der Waals surface area (Å²) in [5.41, 5.74) is 2.61. The van der Waals surface area contributed by atoms with Gasteiger partial charge >= 0.3 is 0 Å². The number of aromatic nitrogens is 2. The van der Waals surface area contributed by atoms with Crippen molar-refractivity contribution in [1.82, 2.24) is 20.2 Å². The van der Waals surface area contributed by atoms with E-state index in [1.54, 1.807) is 12.1 Å². The number of halogens is 1. The van der Waals surface area contributed by atoms with Gasteiger partial charge in [-0.1, -0.05) is 24.3 Å². The summed E-state index contributed by atoms with van der Waals surface area (Å²) in [6.45, 7) is 2.58. The maximum absolute atomic E-state index is 12.9. The fourth-order valence-electron chi connectivity index (χ4n) is 2.92. The number of imidazole rings is 1. The fraction of sp³-hybridized carbons (Fsp3) is 0.286. The molecule has 7 heteroatoms. The Morgan fingerprint density at radius 1 is 1.14 bits per heavy atom. The Hall–Kier alpha value is -3.22. The van der Waals surface area contributed by atoms with E-state index >= 15 is 0 Å². The lowest BCUT2D eigenvalue weighted by Crippen LogP contribution is -2.40. The Balaban J connectivity index is 1.48. The number of hydrogen-bond acceptors (Lipinski definition) is 3. The molecule has 6 nitrogen and oxygen atoms in total. The minimum absolute atomic E-state index is 0.00332. The van der Waals surface area contributed by atoms with Crippen LogP contribution in [0.3, 0.4) is 0 Å². The summed E-state index contributed by atoms with van der Waals surface area (Å²) < 4.78 is 12.9. The molecule has 3 aromatic rings. The molecule has 3 rings (SSSR count). The Bertz CT molecular complexity index is 919. The molecule has 0 bridgehead atoms. The number of para-hydroxylation sites is 2. The van der Waals surface area contributed by atoms with E-state index in [-0.39, 0.29) is 30.6 Å². The summed E-state index contributed by atoms with van der Waals surface area (Å²) in [6, 6.07) is 13.6. The third-order valence-electron chi connectivity index (χ3n) is 4.49. The molecule has 0 spiro atoms. The number of hydrogen-bond donors (Lipinski definition) is 2. The van der Waals surface area contributed by atoms with Gasteiger partial charge < -0.3 is 15.2 Å². The molecule has 0 saturated heterocycles. The van der Waals surface area contributed by atoms with Gasteiger partial charge in [-0.2, -0.15) is 0 Å². The number of fused-ring (bicyclic) bond motifs is 1. The molecular formula is C21H23FN4O2. The van der Waals surface area contributed by atoms with Crippen LogP contribution in [0, 0.1) is 5.82 Å². The molecule has 0 aliphatic heterocycles. The van der Waals surface area contributed by atoms with Gasteiger partial charge in [0.05, 0.1) is 17.6 Å². The first-order valence-corrected chi connectivity index (χ1v) is 9.27. The molecule has 146 valence electrons. The van der Waals surface area contributed by atoms with E-state index in [4.69, 9.17) is 0 Å². The highest BCUT2D eigenvalue weighted by molar-refractivity contribution is 5.85. The monoisotopic (exact) mass is 382 g/mol. The molecule has 0 unspecified atom stereocenters. The second-order valence-electron chi connectivity index (χ2n) is 6.51. The number of carbonyl (C=O) groups excluding carboxylic acids is 2. The van der Waals surface area contributed by atoms with Gasteiger partial charge in [0.2, 0.25) is 11.8 Å². The topological polar surface area (TPSA) is 78.1 Å². The van der Waals surface area contributed by atoms with E-state index < -0.39 is 0 Å². The smallest absolute Gasteiger partial charge is 0.239 e. The molecule has 28 heavy (non-hydrogen) atoms. The number of nitrogens with one attached hydrogen (secondary N) is 2. The molecule has 0 fully saturated rings. The number of likely N-dealkylation sites (N-methyl/N-ethyl adjacent to an activating group) is 1. The van der Waals surface area contributed by atoms with Crippen molar-refractivity contribution >= 4 is 22.8 Å². The number of carbonyl (C=O) groups is 2. The largest absolute Gasteiger partial charge is 0.350 e. The lowest BCUT2D eigenvalue weighted by Gasteiger charge is -2.20. The van der Waals surface area contributed by atoms with Crippen LogP contribution >= 0.6 is 0 Å². The Labute approximate surface area is 162 Å². The number of aromatic amines is 1. The van der Waals surface area contributed by atoms with Crippen LogP contribution in [0.1, 0.15) is 24.7 Å². The summed E-state index contributed by atoms with van der Waals surface area (Å²) in [4.78, 5) is 33.8. The summed E-state index contributed by atoms with van der Waals surface area (Å²) in [7, 11) is 0. The van der Waals surface area contributed by atoms with E-state index in [1.807, 2.05) is 31.2 Å². The summed E-state index contributed by atoms with van der Waals surface area (Å²) >= 11 is 0. The van der Waals surface area contributed by atoms with Gasteiger partial charge in [0.15, 0.2) is 0 Å². The van der Waals surface area contributed by atoms with Gasteiger partial charge in [0, 0.05) is 25.9 Å². The van der Waals surface area contributed by atoms with Crippen LogP contribution in [0.4, 0.5) is 4.39 Å². The average molecular weight is 382 g/mol. The van der Waals surface area contributed by atoms with E-state index in [0.717, 1.165) is 22.4 Å². The molecule has 1 aromatic heterocycles. The zero-order valence-electron chi connectivity index (χ0n) is 15.7. The van der Waals surface area contributed by atoms with Gasteiger partial charge in [0.25, 0.3) is 0 Å². The SMILES string of the molecule is CCN(CC(=O)NCc1ccc(F)cc1)C(=O)CCc1nc2ccccc2[nH]1. The highest BCUT2D eigenvalue weighted by atomic mass is 19.1. The molecule has 2 aromatic carbocycles. The van der Waals surface area contributed by atoms with Crippen LogP contribution in [-0.4, -0.2) is 39.8 Å². The Morgan fingerprint density at radius 3 is 2.61 bits per heavy atom. The lowest BCUT2D eigenvalue weighted by atomic mass is 10.2. The van der Waals surface area contributed by atoms with Crippen molar-refractivity contribution in [2.45, 2.75) is 26.3 Å². The van der Waals surface area contributed by atoms with Crippen molar-refractivity contribution in [3.63, 3.8) is 0 Å². The quantitative estimate of drug-likeness (QED) is 0.629. The molecule has 0 aliphatic carbocycles. The number of nitrogens with zero attached hydrogens (tertiary/aromatic N) is 2. The highest BCUT2D eigenvalue weighted by Crippen LogP contribution is 2.12. The van der Waals surface area contributed by atoms with Gasteiger partial charge in [0.1, 0.15) is 11.6 Å². The van der Waals surface area contributed by atoms with Crippen LogP contribution in [0.2, 0.25) is 0 Å². The average Bonchev–Trinajstić information content (AvgIpc) is 3.13. The lowest BCUT2D eigenvalue weighted by molar-refractivity contribution is -0.135. The van der Waals surface area contributed by atoms with Gasteiger partial charge in [-0.05, 0) is 36.8 Å². The molecule has 0 atom stereocenters. The van der Waals surface area contributed by atoms with Crippen LogP contribution in [0.15, 0.2) is 48.5 Å². The molecule has 2 amide bonds. The van der Waals surface area contributed by atoms with E-state index in [9.17, 15) is 14.0 Å². The predicted octanol–water partition coefficient (Wildman–Crippen LogP) is 2.80. The van der Waals surface area contributed by atoms with Crippen molar-refractivity contribution in [1.29, 1.82) is 0 Å². The minimum atomic E-state index is -0.317. The second kappa shape index (κ2) is 9.12. The third kappa shape index (κ3) is 5.16.